The third-order valence-electron chi connectivity index (χ3n) is 8.59. The summed E-state index contributed by atoms with van der Waals surface area (Å²) in [5.41, 5.74) is 3.64. The van der Waals surface area contributed by atoms with Crippen molar-refractivity contribution in [3.63, 3.8) is 0 Å². The van der Waals surface area contributed by atoms with Crippen LogP contribution in [0.3, 0.4) is 0 Å². The Hall–Kier alpha value is -4.20. The number of pyridine rings is 1. The highest BCUT2D eigenvalue weighted by molar-refractivity contribution is 5.99. The molecule has 8 nitrogen and oxygen atoms in total. The maximum Gasteiger partial charge on any atom is 0.342 e. The molecule has 0 amide bonds. The number of esters is 2. The molecule has 8 heteroatoms. The number of carbonyl (C=O) groups is 3. The van der Waals surface area contributed by atoms with Gasteiger partial charge in [-0.2, -0.15) is 0 Å². The molecule has 0 radical (unpaired) electrons. The van der Waals surface area contributed by atoms with E-state index < -0.39 is 24.0 Å². The lowest BCUT2D eigenvalue weighted by Crippen LogP contribution is -2.32. The largest absolute Gasteiger partial charge is 0.495 e. The predicted octanol–water partition coefficient (Wildman–Crippen LogP) is 5.88. The highest BCUT2D eigenvalue weighted by Crippen LogP contribution is 2.47. The van der Waals surface area contributed by atoms with E-state index in [0.29, 0.717) is 61.8 Å². The van der Waals surface area contributed by atoms with E-state index in [0.717, 1.165) is 29.3 Å². The van der Waals surface area contributed by atoms with Gasteiger partial charge in [0, 0.05) is 36.4 Å². The van der Waals surface area contributed by atoms with Gasteiger partial charge >= 0.3 is 11.9 Å². The lowest BCUT2D eigenvalue weighted by atomic mass is 9.83. The Labute approximate surface area is 244 Å². The fourth-order valence-electron chi connectivity index (χ4n) is 6.61. The number of aryl methyl sites for hydroxylation is 2. The molecule has 3 aliphatic heterocycles. The third-order valence-corrected chi connectivity index (χ3v) is 8.59. The summed E-state index contributed by atoms with van der Waals surface area (Å²) >= 11 is 0. The van der Waals surface area contributed by atoms with Crippen molar-refractivity contribution in [2.75, 3.05) is 7.11 Å². The molecule has 4 heterocycles. The number of hydrogen-bond acceptors (Lipinski definition) is 7. The molecule has 0 saturated heterocycles. The number of carbonyl (C=O) groups excluding carboxylic acids is 3. The average molecular weight is 570 g/mol. The minimum Gasteiger partial charge on any atom is -0.495 e. The molecule has 0 fully saturated rings. The monoisotopic (exact) mass is 569 g/mol. The van der Waals surface area contributed by atoms with Crippen LogP contribution in [0.5, 0.6) is 11.5 Å². The van der Waals surface area contributed by atoms with Gasteiger partial charge in [0.15, 0.2) is 0 Å². The SMILES string of the molecule is COc1c2c(cc3c1[C@@H](c1cc4cccc5c4n(c1=O)CCC5)CC(=O)O3)C=CCCCC(=O)CCC[C@@H](C)OC2=O. The van der Waals surface area contributed by atoms with Gasteiger partial charge in [0.05, 0.1) is 25.2 Å². The minimum atomic E-state index is -0.666. The van der Waals surface area contributed by atoms with Crippen molar-refractivity contribution in [1.29, 1.82) is 0 Å². The zero-order valence-electron chi connectivity index (χ0n) is 24.1. The number of ketones is 1. The Morgan fingerprint density at radius 1 is 1.00 bits per heavy atom. The van der Waals surface area contributed by atoms with Crippen molar-refractivity contribution >= 4 is 34.7 Å². The number of allylic oxidation sites excluding steroid dienone is 1. The summed E-state index contributed by atoms with van der Waals surface area (Å²) in [7, 11) is 1.48. The van der Waals surface area contributed by atoms with E-state index >= 15 is 0 Å². The smallest absolute Gasteiger partial charge is 0.342 e. The van der Waals surface area contributed by atoms with Crippen molar-refractivity contribution in [3.8, 4) is 11.5 Å². The van der Waals surface area contributed by atoms with Crippen LogP contribution in [0, 0.1) is 0 Å². The summed E-state index contributed by atoms with van der Waals surface area (Å²) in [5, 5.41) is 0.939. The van der Waals surface area contributed by atoms with Crippen LogP contribution in [0.1, 0.15) is 96.8 Å². The summed E-state index contributed by atoms with van der Waals surface area (Å²) in [4.78, 5) is 52.9. The second-order valence-electron chi connectivity index (χ2n) is 11.5. The lowest BCUT2D eigenvalue weighted by Gasteiger charge is -2.29. The number of benzene rings is 2. The van der Waals surface area contributed by atoms with Crippen molar-refractivity contribution in [3.05, 3.63) is 74.6 Å². The van der Waals surface area contributed by atoms with Gasteiger partial charge in [0.25, 0.3) is 5.56 Å². The van der Waals surface area contributed by atoms with E-state index in [1.165, 1.54) is 7.11 Å². The summed E-state index contributed by atoms with van der Waals surface area (Å²) in [6.45, 7) is 2.42. The third kappa shape index (κ3) is 5.14. The van der Waals surface area contributed by atoms with E-state index in [9.17, 15) is 19.2 Å². The second kappa shape index (κ2) is 11.6. The van der Waals surface area contributed by atoms with Crippen LogP contribution in [0.2, 0.25) is 0 Å². The Morgan fingerprint density at radius 3 is 2.67 bits per heavy atom. The molecule has 0 N–H and O–H groups in total. The Bertz CT molecular complexity index is 1680. The van der Waals surface area contributed by atoms with Crippen LogP contribution in [-0.2, 0) is 27.3 Å². The van der Waals surface area contributed by atoms with Crippen molar-refractivity contribution in [1.82, 2.24) is 4.57 Å². The first kappa shape index (κ1) is 27.9. The van der Waals surface area contributed by atoms with E-state index in [-0.39, 0.29) is 34.8 Å². The number of ether oxygens (including phenoxy) is 3. The molecule has 3 aliphatic rings. The van der Waals surface area contributed by atoms with Gasteiger partial charge in [-0.3, -0.25) is 14.4 Å². The molecule has 0 spiro atoms. The van der Waals surface area contributed by atoms with Gasteiger partial charge in [-0.05, 0) is 74.1 Å². The van der Waals surface area contributed by atoms with Crippen LogP contribution in [0.15, 0.2) is 41.2 Å². The maximum atomic E-state index is 14.0. The van der Waals surface area contributed by atoms with Crippen LogP contribution in [0.25, 0.3) is 17.0 Å². The van der Waals surface area contributed by atoms with Crippen LogP contribution in [-0.4, -0.2) is 35.5 Å². The fraction of sp³-hybridized carbons (Fsp3) is 0.412. The first-order valence-electron chi connectivity index (χ1n) is 14.9. The van der Waals surface area contributed by atoms with Crippen LogP contribution >= 0.6 is 0 Å². The molecule has 2 atom stereocenters. The van der Waals surface area contributed by atoms with Gasteiger partial charge in [0.2, 0.25) is 0 Å². The fourth-order valence-corrected chi connectivity index (χ4v) is 6.61. The first-order valence-corrected chi connectivity index (χ1v) is 14.9. The normalized spacial score (nSPS) is 21.1. The standard InChI is InChI=1S/C34H35NO7/c1-20-9-6-15-24(36)14-5-3-4-10-22-18-27-30(32(40-2)29(22)34(39)41-20)25(19-28(37)42-27)26-17-23-12-7-11-21-13-8-16-35(31(21)23)33(26)38/h4,7,10-12,17-18,20,25H,3,5-6,8-9,13-16,19H2,1-2H3/t20-,25-/m1/s1. The van der Waals surface area contributed by atoms with E-state index in [1.807, 2.05) is 35.8 Å². The lowest BCUT2D eigenvalue weighted by molar-refractivity contribution is -0.135. The van der Waals surface area contributed by atoms with Crippen LogP contribution in [0.4, 0.5) is 0 Å². The van der Waals surface area contributed by atoms with Gasteiger partial charge in [-0.15, -0.1) is 0 Å². The molecule has 3 aromatic rings. The number of nitrogens with zero attached hydrogens (tertiary/aromatic N) is 1. The number of hydrogen-bond donors (Lipinski definition) is 0. The number of para-hydroxylation sites is 1. The molecule has 218 valence electrons. The number of rotatable bonds is 2. The number of cyclic esters (lactones) is 1. The average Bonchev–Trinajstić information content (AvgIpc) is 2.97. The van der Waals surface area contributed by atoms with Crippen molar-refractivity contribution in [2.45, 2.75) is 83.3 Å². The predicted molar refractivity (Wildman–Crippen MR) is 158 cm³/mol. The number of Topliss-reactive ketones (excluding diaryl/α,β-unsaturated/α-hetero) is 1. The van der Waals surface area contributed by atoms with Gasteiger partial charge in [-0.25, -0.2) is 4.79 Å². The molecule has 0 saturated carbocycles. The number of fused-ring (bicyclic) bond motifs is 2. The van der Waals surface area contributed by atoms with Crippen LogP contribution < -0.4 is 15.0 Å². The maximum absolute atomic E-state index is 14.0. The van der Waals surface area contributed by atoms with E-state index in [1.54, 1.807) is 12.1 Å². The number of aromatic nitrogens is 1. The molecule has 42 heavy (non-hydrogen) atoms. The molecule has 0 bridgehead atoms. The quantitative estimate of drug-likeness (QED) is 0.281. The van der Waals surface area contributed by atoms with Gasteiger partial charge in [0.1, 0.15) is 22.8 Å². The summed E-state index contributed by atoms with van der Waals surface area (Å²) < 4.78 is 19.3. The molecule has 1 aromatic heterocycles. The zero-order valence-corrected chi connectivity index (χ0v) is 24.1. The van der Waals surface area contributed by atoms with E-state index in [2.05, 4.69) is 6.07 Å². The van der Waals surface area contributed by atoms with E-state index in [4.69, 9.17) is 14.2 Å². The highest BCUT2D eigenvalue weighted by Gasteiger charge is 2.38. The molecule has 0 unspecified atom stereocenters. The first-order chi connectivity index (χ1) is 20.4. The Morgan fingerprint density at radius 2 is 1.83 bits per heavy atom. The van der Waals surface area contributed by atoms with Crippen molar-refractivity contribution < 1.29 is 28.6 Å². The Kier molecular flexibility index (Phi) is 7.71. The van der Waals surface area contributed by atoms with Crippen molar-refractivity contribution in [2.24, 2.45) is 0 Å². The van der Waals surface area contributed by atoms with Gasteiger partial charge < -0.3 is 18.8 Å². The highest BCUT2D eigenvalue weighted by atomic mass is 16.5. The zero-order chi connectivity index (χ0) is 29.4. The molecule has 0 aliphatic carbocycles. The Balaban J connectivity index is 1.53. The minimum absolute atomic E-state index is 0.0576. The molecule has 2 aromatic carbocycles. The summed E-state index contributed by atoms with van der Waals surface area (Å²) in [5.74, 6) is -0.961. The number of methoxy groups -OCH3 is 1. The molecular weight excluding hydrogens is 534 g/mol. The van der Waals surface area contributed by atoms with Gasteiger partial charge in [-0.1, -0.05) is 30.4 Å². The summed E-state index contributed by atoms with van der Waals surface area (Å²) in [6, 6.07) is 9.58. The molecule has 6 rings (SSSR count). The topological polar surface area (TPSA) is 101 Å². The molecular formula is C34H35NO7. The second-order valence-corrected chi connectivity index (χ2v) is 11.5. The summed E-state index contributed by atoms with van der Waals surface area (Å²) in [6.07, 6.45) is 8.54.